The van der Waals surface area contributed by atoms with Gasteiger partial charge in [0, 0.05) is 37.7 Å². The Kier molecular flexibility index (Phi) is 6.09. The van der Waals surface area contributed by atoms with Crippen LogP contribution in [0.15, 0.2) is 18.2 Å². The van der Waals surface area contributed by atoms with E-state index in [0.29, 0.717) is 25.2 Å². The summed E-state index contributed by atoms with van der Waals surface area (Å²) in [5, 5.41) is 2.56. The largest absolute Gasteiger partial charge is 0.347 e. The van der Waals surface area contributed by atoms with E-state index in [0.717, 1.165) is 44.7 Å². The molecule has 1 aromatic carbocycles. The second kappa shape index (κ2) is 8.33. The number of halogens is 2. The molecule has 1 atom stereocenters. The maximum atomic E-state index is 14.1. The Morgan fingerprint density at radius 2 is 1.85 bits per heavy atom. The van der Waals surface area contributed by atoms with E-state index in [1.807, 2.05) is 4.90 Å². The fourth-order valence-electron chi connectivity index (χ4n) is 4.42. The fourth-order valence-corrected chi connectivity index (χ4v) is 4.42. The zero-order chi connectivity index (χ0) is 19.4. The number of amides is 2. The van der Waals surface area contributed by atoms with Crippen LogP contribution in [0.5, 0.6) is 0 Å². The average Bonchev–Trinajstić information content (AvgIpc) is 2.87. The minimum atomic E-state index is -0.421. The summed E-state index contributed by atoms with van der Waals surface area (Å²) in [5.74, 6) is -1.08. The molecule has 2 fully saturated rings. The van der Waals surface area contributed by atoms with Crippen molar-refractivity contribution >= 4 is 11.8 Å². The summed E-state index contributed by atoms with van der Waals surface area (Å²) < 4.78 is 27.6. The smallest absolute Gasteiger partial charge is 0.241 e. The first-order valence-electron chi connectivity index (χ1n) is 9.61. The van der Waals surface area contributed by atoms with E-state index in [9.17, 15) is 18.4 Å². The molecule has 5 nitrogen and oxygen atoms in total. The highest BCUT2D eigenvalue weighted by atomic mass is 19.1. The first-order chi connectivity index (χ1) is 12.9. The molecule has 0 saturated carbocycles. The third-order valence-electron chi connectivity index (χ3n) is 5.87. The summed E-state index contributed by atoms with van der Waals surface area (Å²) in [6.45, 7) is 3.97. The SMILES string of the molecule is CC(=O)NCC(=O)N1CCCC2(CCCN2Cc2cc(F)ccc2F)CC1. The van der Waals surface area contributed by atoms with E-state index in [2.05, 4.69) is 10.2 Å². The van der Waals surface area contributed by atoms with Gasteiger partial charge in [0.1, 0.15) is 11.6 Å². The molecule has 3 rings (SSSR count). The number of carbonyl (C=O) groups is 2. The zero-order valence-electron chi connectivity index (χ0n) is 15.8. The van der Waals surface area contributed by atoms with E-state index in [1.165, 1.54) is 19.1 Å². The summed E-state index contributed by atoms with van der Waals surface area (Å²) in [7, 11) is 0. The second-order valence-electron chi connectivity index (χ2n) is 7.63. The number of nitrogens with one attached hydrogen (secondary N) is 1. The lowest BCUT2D eigenvalue weighted by Crippen LogP contribution is -2.45. The molecule has 2 heterocycles. The predicted octanol–water partition coefficient (Wildman–Crippen LogP) is 2.45. The molecule has 0 aliphatic carbocycles. The minimum absolute atomic E-state index is 0.0283. The molecule has 0 aromatic heterocycles. The topological polar surface area (TPSA) is 52.7 Å². The lowest BCUT2D eigenvalue weighted by molar-refractivity contribution is -0.132. The molecular weight excluding hydrogens is 352 g/mol. The standard InChI is InChI=1S/C20H27F2N3O2/c1-15(26)23-13-19(27)24-9-2-6-20(8-11-24)7-3-10-25(20)14-16-12-17(21)4-5-18(16)22/h4-5,12H,2-3,6-11,13-14H2,1H3,(H,23,26). The Morgan fingerprint density at radius 3 is 2.59 bits per heavy atom. The van der Waals surface area contributed by atoms with Crippen LogP contribution in [0.25, 0.3) is 0 Å². The Bertz CT molecular complexity index is 712. The number of nitrogens with zero attached hydrogens (tertiary/aromatic N) is 2. The zero-order valence-corrected chi connectivity index (χ0v) is 15.8. The molecule has 0 radical (unpaired) electrons. The highest BCUT2D eigenvalue weighted by Crippen LogP contribution is 2.39. The molecule has 2 saturated heterocycles. The second-order valence-corrected chi connectivity index (χ2v) is 7.63. The van der Waals surface area contributed by atoms with Crippen molar-refractivity contribution in [3.63, 3.8) is 0 Å². The molecule has 148 valence electrons. The first-order valence-corrected chi connectivity index (χ1v) is 9.61. The Morgan fingerprint density at radius 1 is 1.11 bits per heavy atom. The van der Waals surface area contributed by atoms with Gasteiger partial charge >= 0.3 is 0 Å². The lowest BCUT2D eigenvalue weighted by atomic mass is 9.87. The van der Waals surface area contributed by atoms with Gasteiger partial charge in [-0.3, -0.25) is 14.5 Å². The number of hydrogen-bond donors (Lipinski definition) is 1. The molecule has 1 spiro atoms. The number of hydrogen-bond acceptors (Lipinski definition) is 3. The van der Waals surface area contributed by atoms with Crippen molar-refractivity contribution in [3.8, 4) is 0 Å². The number of benzene rings is 1. The molecule has 1 unspecified atom stereocenters. The molecule has 2 amide bonds. The highest BCUT2D eigenvalue weighted by Gasteiger charge is 2.42. The predicted molar refractivity (Wildman–Crippen MR) is 97.8 cm³/mol. The highest BCUT2D eigenvalue weighted by molar-refractivity contribution is 5.83. The molecule has 2 aliphatic rings. The monoisotopic (exact) mass is 379 g/mol. The Balaban J connectivity index is 1.67. The van der Waals surface area contributed by atoms with Gasteiger partial charge in [0.25, 0.3) is 0 Å². The van der Waals surface area contributed by atoms with E-state index in [-0.39, 0.29) is 29.7 Å². The van der Waals surface area contributed by atoms with E-state index < -0.39 is 5.82 Å². The molecule has 0 bridgehead atoms. The van der Waals surface area contributed by atoms with Gasteiger partial charge in [0.05, 0.1) is 6.54 Å². The first kappa shape index (κ1) is 19.7. The summed E-state index contributed by atoms with van der Waals surface area (Å²) in [4.78, 5) is 27.4. The quantitative estimate of drug-likeness (QED) is 0.874. The maximum absolute atomic E-state index is 14.1. The molecule has 1 N–H and O–H groups in total. The van der Waals surface area contributed by atoms with Crippen molar-refractivity contribution in [3.05, 3.63) is 35.4 Å². The van der Waals surface area contributed by atoms with Crippen LogP contribution in [0.2, 0.25) is 0 Å². The molecule has 7 heteroatoms. The molecular formula is C20H27F2N3O2. The number of likely N-dealkylation sites (tertiary alicyclic amines) is 2. The van der Waals surface area contributed by atoms with Crippen LogP contribution < -0.4 is 5.32 Å². The van der Waals surface area contributed by atoms with Crippen molar-refractivity contribution in [1.29, 1.82) is 0 Å². The average molecular weight is 379 g/mol. The van der Waals surface area contributed by atoms with Gasteiger partial charge in [-0.05, 0) is 56.8 Å². The fraction of sp³-hybridized carbons (Fsp3) is 0.600. The summed E-state index contributed by atoms with van der Waals surface area (Å²) in [5.41, 5.74) is 0.320. The van der Waals surface area contributed by atoms with Gasteiger partial charge in [0.2, 0.25) is 11.8 Å². The van der Waals surface area contributed by atoms with Crippen molar-refractivity contribution < 1.29 is 18.4 Å². The van der Waals surface area contributed by atoms with Crippen LogP contribution in [-0.4, -0.2) is 53.3 Å². The van der Waals surface area contributed by atoms with Crippen LogP contribution in [0, 0.1) is 11.6 Å². The van der Waals surface area contributed by atoms with Gasteiger partial charge in [-0.1, -0.05) is 0 Å². The van der Waals surface area contributed by atoms with Gasteiger partial charge in [-0.15, -0.1) is 0 Å². The van der Waals surface area contributed by atoms with Gasteiger partial charge in [0.15, 0.2) is 0 Å². The van der Waals surface area contributed by atoms with E-state index >= 15 is 0 Å². The van der Waals surface area contributed by atoms with Crippen LogP contribution in [0.4, 0.5) is 8.78 Å². The normalized spacial score (nSPS) is 23.4. The van der Waals surface area contributed by atoms with Gasteiger partial charge in [-0.2, -0.15) is 0 Å². The summed E-state index contributed by atoms with van der Waals surface area (Å²) >= 11 is 0. The number of carbonyl (C=O) groups excluding carboxylic acids is 2. The van der Waals surface area contributed by atoms with Gasteiger partial charge < -0.3 is 10.2 Å². The summed E-state index contributed by atoms with van der Waals surface area (Å²) in [6.07, 6.45) is 4.66. The minimum Gasteiger partial charge on any atom is -0.347 e. The van der Waals surface area contributed by atoms with Crippen molar-refractivity contribution in [2.75, 3.05) is 26.2 Å². The van der Waals surface area contributed by atoms with E-state index in [4.69, 9.17) is 0 Å². The van der Waals surface area contributed by atoms with Crippen LogP contribution in [0.3, 0.4) is 0 Å². The Hall–Kier alpha value is -2.02. The van der Waals surface area contributed by atoms with Crippen molar-refractivity contribution in [1.82, 2.24) is 15.1 Å². The maximum Gasteiger partial charge on any atom is 0.241 e. The summed E-state index contributed by atoms with van der Waals surface area (Å²) in [6, 6.07) is 3.60. The van der Waals surface area contributed by atoms with Crippen LogP contribution in [0.1, 0.15) is 44.6 Å². The van der Waals surface area contributed by atoms with Crippen LogP contribution >= 0.6 is 0 Å². The van der Waals surface area contributed by atoms with Crippen molar-refractivity contribution in [2.24, 2.45) is 0 Å². The van der Waals surface area contributed by atoms with Gasteiger partial charge in [-0.25, -0.2) is 8.78 Å². The van der Waals surface area contributed by atoms with E-state index in [1.54, 1.807) is 0 Å². The lowest BCUT2D eigenvalue weighted by Gasteiger charge is -2.38. The number of rotatable bonds is 4. The van der Waals surface area contributed by atoms with Crippen molar-refractivity contribution in [2.45, 2.75) is 51.1 Å². The third-order valence-corrected chi connectivity index (χ3v) is 5.87. The molecule has 2 aliphatic heterocycles. The molecule has 1 aromatic rings. The van der Waals surface area contributed by atoms with Crippen LogP contribution in [-0.2, 0) is 16.1 Å². The third kappa shape index (κ3) is 4.64. The Labute approximate surface area is 158 Å². The molecule has 27 heavy (non-hydrogen) atoms.